The van der Waals surface area contributed by atoms with Gasteiger partial charge in [-0.2, -0.15) is 0 Å². The first-order valence-corrected chi connectivity index (χ1v) is 7.62. The van der Waals surface area contributed by atoms with E-state index in [2.05, 4.69) is 10.0 Å². The molecule has 0 atom stereocenters. The number of benzene rings is 2. The van der Waals surface area contributed by atoms with Gasteiger partial charge in [-0.3, -0.25) is 4.79 Å². The maximum Gasteiger partial charge on any atom is 0.255 e. The second-order valence-electron chi connectivity index (χ2n) is 4.28. The highest BCUT2D eigenvalue weighted by Crippen LogP contribution is 2.21. The Morgan fingerprint density at radius 1 is 1.10 bits per heavy atom. The molecule has 0 bridgehead atoms. The van der Waals surface area contributed by atoms with Crippen molar-refractivity contribution < 1.29 is 13.2 Å². The molecule has 0 aliphatic carbocycles. The number of hydrogen-bond acceptors (Lipinski definition) is 4. The summed E-state index contributed by atoms with van der Waals surface area (Å²) >= 11 is 0. The molecule has 1 amide bonds. The summed E-state index contributed by atoms with van der Waals surface area (Å²) in [5.41, 5.74) is 6.64. The third-order valence-electron chi connectivity index (χ3n) is 2.84. The van der Waals surface area contributed by atoms with Crippen LogP contribution in [0.3, 0.4) is 0 Å². The van der Waals surface area contributed by atoms with Crippen molar-refractivity contribution in [2.45, 2.75) is 4.90 Å². The molecule has 0 fully saturated rings. The van der Waals surface area contributed by atoms with E-state index in [-0.39, 0.29) is 10.6 Å². The van der Waals surface area contributed by atoms with Crippen LogP contribution in [0.5, 0.6) is 0 Å². The first kappa shape index (κ1) is 15.0. The van der Waals surface area contributed by atoms with E-state index in [1.54, 1.807) is 30.3 Å². The molecule has 0 aromatic heterocycles. The number of sulfonamides is 1. The number of hydrogen-bond donors (Lipinski definition) is 3. The maximum atomic E-state index is 12.2. The molecule has 2 aromatic carbocycles. The van der Waals surface area contributed by atoms with Crippen LogP contribution in [0.1, 0.15) is 10.4 Å². The van der Waals surface area contributed by atoms with Crippen molar-refractivity contribution in [2.24, 2.45) is 0 Å². The van der Waals surface area contributed by atoms with E-state index in [4.69, 9.17) is 5.73 Å². The lowest BCUT2D eigenvalue weighted by Crippen LogP contribution is -2.21. The highest BCUT2D eigenvalue weighted by molar-refractivity contribution is 7.89. The van der Waals surface area contributed by atoms with Gasteiger partial charge in [-0.25, -0.2) is 13.1 Å². The quantitative estimate of drug-likeness (QED) is 0.744. The van der Waals surface area contributed by atoms with E-state index in [0.29, 0.717) is 11.3 Å². The van der Waals surface area contributed by atoms with Crippen LogP contribution in [0.4, 0.5) is 11.4 Å². The molecule has 7 heteroatoms. The lowest BCUT2D eigenvalue weighted by molar-refractivity contribution is 0.102. The third kappa shape index (κ3) is 3.39. The Morgan fingerprint density at radius 2 is 1.81 bits per heavy atom. The second-order valence-corrected chi connectivity index (χ2v) is 6.14. The Bertz CT molecular complexity index is 773. The minimum Gasteiger partial charge on any atom is -0.399 e. The predicted molar refractivity (Wildman–Crippen MR) is 81.5 cm³/mol. The predicted octanol–water partition coefficient (Wildman–Crippen LogP) is 1.43. The molecule has 0 heterocycles. The van der Waals surface area contributed by atoms with Crippen LogP contribution in [0, 0.1) is 0 Å². The summed E-state index contributed by atoms with van der Waals surface area (Å²) in [6.07, 6.45) is 0. The van der Waals surface area contributed by atoms with E-state index < -0.39 is 15.9 Å². The summed E-state index contributed by atoms with van der Waals surface area (Å²) in [5.74, 6) is -0.430. The molecule has 0 saturated carbocycles. The molecular weight excluding hydrogens is 290 g/mol. The highest BCUT2D eigenvalue weighted by atomic mass is 32.2. The molecule has 0 radical (unpaired) electrons. The lowest BCUT2D eigenvalue weighted by Gasteiger charge is -2.11. The van der Waals surface area contributed by atoms with Crippen molar-refractivity contribution in [3.8, 4) is 0 Å². The van der Waals surface area contributed by atoms with Gasteiger partial charge in [0.2, 0.25) is 10.0 Å². The molecule has 21 heavy (non-hydrogen) atoms. The van der Waals surface area contributed by atoms with Gasteiger partial charge in [0.1, 0.15) is 4.90 Å². The number of amides is 1. The number of anilines is 2. The van der Waals surface area contributed by atoms with Crippen LogP contribution in [-0.2, 0) is 10.0 Å². The fourth-order valence-corrected chi connectivity index (χ4v) is 2.67. The molecule has 0 aliphatic rings. The molecular formula is C14H15N3O3S. The molecule has 0 saturated heterocycles. The zero-order valence-corrected chi connectivity index (χ0v) is 12.1. The maximum absolute atomic E-state index is 12.2. The van der Waals surface area contributed by atoms with Crippen molar-refractivity contribution in [1.29, 1.82) is 0 Å². The first-order chi connectivity index (χ1) is 9.94. The summed E-state index contributed by atoms with van der Waals surface area (Å²) in [7, 11) is -2.34. The Morgan fingerprint density at radius 3 is 2.48 bits per heavy atom. The van der Waals surface area contributed by atoms with E-state index >= 15 is 0 Å². The second kappa shape index (κ2) is 5.94. The minimum atomic E-state index is -3.65. The number of rotatable bonds is 4. The Kier molecular flexibility index (Phi) is 4.25. The average molecular weight is 305 g/mol. The Balaban J connectivity index is 2.35. The normalized spacial score (nSPS) is 11.1. The number of nitrogen functional groups attached to an aromatic ring is 1. The average Bonchev–Trinajstić information content (AvgIpc) is 2.47. The fourth-order valence-electron chi connectivity index (χ4n) is 1.79. The van der Waals surface area contributed by atoms with Gasteiger partial charge in [0.15, 0.2) is 0 Å². The van der Waals surface area contributed by atoms with Gasteiger partial charge in [0.25, 0.3) is 5.91 Å². The molecule has 0 aliphatic heterocycles. The van der Waals surface area contributed by atoms with Crippen LogP contribution in [0.15, 0.2) is 53.4 Å². The van der Waals surface area contributed by atoms with Gasteiger partial charge in [0.05, 0.1) is 5.69 Å². The molecule has 0 spiro atoms. The number of para-hydroxylation sites is 1. The summed E-state index contributed by atoms with van der Waals surface area (Å²) in [6.45, 7) is 0. The van der Waals surface area contributed by atoms with E-state index in [1.165, 1.54) is 25.2 Å². The van der Waals surface area contributed by atoms with Crippen LogP contribution >= 0.6 is 0 Å². The first-order valence-electron chi connectivity index (χ1n) is 6.13. The number of nitrogens with one attached hydrogen (secondary N) is 2. The third-order valence-corrected chi connectivity index (χ3v) is 4.31. The summed E-state index contributed by atoms with van der Waals surface area (Å²) < 4.78 is 26.0. The topological polar surface area (TPSA) is 101 Å². The zero-order chi connectivity index (χ0) is 15.5. The standard InChI is InChI=1S/C14H15N3O3S/c1-16-21(19,20)13-8-3-2-7-12(13)17-14(18)10-5-4-6-11(15)9-10/h2-9,16H,15H2,1H3,(H,17,18). The van der Waals surface area contributed by atoms with Gasteiger partial charge in [0, 0.05) is 11.3 Å². The summed E-state index contributed by atoms with van der Waals surface area (Å²) in [6, 6.07) is 12.6. The van der Waals surface area contributed by atoms with Gasteiger partial charge in [-0.15, -0.1) is 0 Å². The van der Waals surface area contributed by atoms with Crippen LogP contribution in [0.25, 0.3) is 0 Å². The van der Waals surface area contributed by atoms with Gasteiger partial charge in [-0.1, -0.05) is 18.2 Å². The molecule has 110 valence electrons. The van der Waals surface area contributed by atoms with Crippen molar-refractivity contribution >= 4 is 27.3 Å². The van der Waals surface area contributed by atoms with E-state index in [1.807, 2.05) is 0 Å². The summed E-state index contributed by atoms with van der Waals surface area (Å²) in [4.78, 5) is 12.2. The number of carbonyl (C=O) groups is 1. The van der Waals surface area contributed by atoms with Crippen LogP contribution in [-0.4, -0.2) is 21.4 Å². The SMILES string of the molecule is CNS(=O)(=O)c1ccccc1NC(=O)c1cccc(N)c1. The van der Waals surface area contributed by atoms with Crippen LogP contribution < -0.4 is 15.8 Å². The lowest BCUT2D eigenvalue weighted by atomic mass is 10.2. The van der Waals surface area contributed by atoms with Crippen molar-refractivity contribution in [3.05, 3.63) is 54.1 Å². The smallest absolute Gasteiger partial charge is 0.255 e. The molecule has 4 N–H and O–H groups in total. The largest absolute Gasteiger partial charge is 0.399 e. The minimum absolute atomic E-state index is 0.00440. The fraction of sp³-hybridized carbons (Fsp3) is 0.0714. The van der Waals surface area contributed by atoms with Crippen molar-refractivity contribution in [1.82, 2.24) is 4.72 Å². The molecule has 2 aromatic rings. The van der Waals surface area contributed by atoms with E-state index in [0.717, 1.165) is 0 Å². The molecule has 0 unspecified atom stereocenters. The molecule has 2 rings (SSSR count). The molecule has 6 nitrogen and oxygen atoms in total. The zero-order valence-electron chi connectivity index (χ0n) is 11.3. The van der Waals surface area contributed by atoms with Crippen molar-refractivity contribution in [3.63, 3.8) is 0 Å². The van der Waals surface area contributed by atoms with Gasteiger partial charge in [-0.05, 0) is 37.4 Å². The highest BCUT2D eigenvalue weighted by Gasteiger charge is 2.17. The Labute approximate surface area is 123 Å². The number of nitrogens with two attached hydrogens (primary N) is 1. The van der Waals surface area contributed by atoms with Gasteiger partial charge >= 0.3 is 0 Å². The Hall–Kier alpha value is -2.38. The number of carbonyl (C=O) groups excluding carboxylic acids is 1. The van der Waals surface area contributed by atoms with Crippen molar-refractivity contribution in [2.75, 3.05) is 18.1 Å². The summed E-state index contributed by atoms with van der Waals surface area (Å²) in [5, 5.41) is 2.58. The monoisotopic (exact) mass is 305 g/mol. The van der Waals surface area contributed by atoms with Crippen LogP contribution in [0.2, 0.25) is 0 Å². The van der Waals surface area contributed by atoms with E-state index in [9.17, 15) is 13.2 Å². The van der Waals surface area contributed by atoms with Gasteiger partial charge < -0.3 is 11.1 Å².